The molecule has 0 spiro atoms. The van der Waals surface area contributed by atoms with E-state index in [-0.39, 0.29) is 0 Å². The zero-order valence-corrected chi connectivity index (χ0v) is 13.6. The first-order valence-corrected chi connectivity index (χ1v) is 7.82. The molecule has 0 aromatic heterocycles. The van der Waals surface area contributed by atoms with Gasteiger partial charge in [-0.15, -0.1) is 0 Å². The molecule has 100 valence electrons. The van der Waals surface area contributed by atoms with Gasteiger partial charge >= 0.3 is 0 Å². The standard InChI is InChI=1S/C17H20IN/c1-3-14-6-4-5-7-16(14)17(19-2)12-13-8-10-15(18)11-9-13/h4-11,17,19H,3,12H2,1-2H3. The van der Waals surface area contributed by atoms with E-state index in [9.17, 15) is 0 Å². The minimum Gasteiger partial charge on any atom is -0.313 e. The van der Waals surface area contributed by atoms with Crippen molar-refractivity contribution in [2.24, 2.45) is 0 Å². The van der Waals surface area contributed by atoms with Gasteiger partial charge in [0.2, 0.25) is 0 Å². The number of likely N-dealkylation sites (N-methyl/N-ethyl adjacent to an activating group) is 1. The minimum absolute atomic E-state index is 0.385. The highest BCUT2D eigenvalue weighted by Crippen LogP contribution is 2.22. The lowest BCUT2D eigenvalue weighted by Crippen LogP contribution is -2.20. The van der Waals surface area contributed by atoms with Crippen molar-refractivity contribution in [1.82, 2.24) is 5.32 Å². The lowest BCUT2D eigenvalue weighted by molar-refractivity contribution is 0.587. The fraction of sp³-hybridized carbons (Fsp3) is 0.294. The molecule has 1 N–H and O–H groups in total. The van der Waals surface area contributed by atoms with E-state index in [1.807, 2.05) is 7.05 Å². The van der Waals surface area contributed by atoms with Crippen LogP contribution in [0.3, 0.4) is 0 Å². The van der Waals surface area contributed by atoms with Gasteiger partial charge in [0.1, 0.15) is 0 Å². The van der Waals surface area contributed by atoms with Crippen LogP contribution in [-0.2, 0) is 12.8 Å². The molecule has 0 saturated carbocycles. The van der Waals surface area contributed by atoms with Crippen LogP contribution >= 0.6 is 22.6 Å². The Labute approximate surface area is 129 Å². The van der Waals surface area contributed by atoms with Crippen molar-refractivity contribution in [1.29, 1.82) is 0 Å². The molecular formula is C17H20IN. The summed E-state index contributed by atoms with van der Waals surface area (Å²) in [5, 5.41) is 3.45. The van der Waals surface area contributed by atoms with Crippen LogP contribution in [0.15, 0.2) is 48.5 Å². The normalized spacial score (nSPS) is 12.4. The number of rotatable bonds is 5. The van der Waals surface area contributed by atoms with Gasteiger partial charge in [0.25, 0.3) is 0 Å². The van der Waals surface area contributed by atoms with Crippen LogP contribution < -0.4 is 5.32 Å². The molecule has 0 aliphatic heterocycles. The number of benzene rings is 2. The Balaban J connectivity index is 2.22. The molecule has 2 aromatic rings. The second kappa shape index (κ2) is 7.06. The van der Waals surface area contributed by atoms with Gasteiger partial charge in [0, 0.05) is 9.61 Å². The molecule has 19 heavy (non-hydrogen) atoms. The largest absolute Gasteiger partial charge is 0.313 e. The molecule has 0 aliphatic rings. The molecule has 2 rings (SSSR count). The molecule has 0 bridgehead atoms. The Morgan fingerprint density at radius 1 is 1.05 bits per heavy atom. The maximum Gasteiger partial charge on any atom is 0.0361 e. The molecule has 0 aliphatic carbocycles. The van der Waals surface area contributed by atoms with Gasteiger partial charge in [-0.1, -0.05) is 43.3 Å². The molecule has 0 amide bonds. The first-order chi connectivity index (χ1) is 9.24. The summed E-state index contributed by atoms with van der Waals surface area (Å²) in [7, 11) is 2.05. The van der Waals surface area contributed by atoms with Crippen LogP contribution in [0.1, 0.15) is 29.7 Å². The van der Waals surface area contributed by atoms with Gasteiger partial charge in [-0.25, -0.2) is 0 Å². The van der Waals surface area contributed by atoms with E-state index >= 15 is 0 Å². The third-order valence-corrected chi connectivity index (χ3v) is 4.23. The summed E-state index contributed by atoms with van der Waals surface area (Å²) in [6.45, 7) is 2.22. The highest BCUT2D eigenvalue weighted by Gasteiger charge is 2.12. The van der Waals surface area contributed by atoms with Crippen molar-refractivity contribution in [2.75, 3.05) is 7.05 Å². The quantitative estimate of drug-likeness (QED) is 0.777. The van der Waals surface area contributed by atoms with E-state index in [4.69, 9.17) is 0 Å². The van der Waals surface area contributed by atoms with Crippen molar-refractivity contribution in [3.63, 3.8) is 0 Å². The first kappa shape index (κ1) is 14.5. The number of aryl methyl sites for hydroxylation is 1. The Hall–Kier alpha value is -0.870. The van der Waals surface area contributed by atoms with E-state index in [2.05, 4.69) is 83.4 Å². The molecule has 2 aromatic carbocycles. The van der Waals surface area contributed by atoms with E-state index in [0.29, 0.717) is 6.04 Å². The SMILES string of the molecule is CCc1ccccc1C(Cc1ccc(I)cc1)NC. The molecule has 0 heterocycles. The maximum atomic E-state index is 3.45. The van der Waals surface area contributed by atoms with Crippen LogP contribution in [-0.4, -0.2) is 7.05 Å². The third-order valence-electron chi connectivity index (χ3n) is 3.51. The fourth-order valence-electron chi connectivity index (χ4n) is 2.42. The smallest absolute Gasteiger partial charge is 0.0361 e. The van der Waals surface area contributed by atoms with E-state index < -0.39 is 0 Å². The first-order valence-electron chi connectivity index (χ1n) is 6.74. The average Bonchev–Trinajstić information content (AvgIpc) is 2.46. The van der Waals surface area contributed by atoms with Gasteiger partial charge in [-0.05, 0) is 71.3 Å². The second-order valence-corrected chi connectivity index (χ2v) is 5.97. The zero-order chi connectivity index (χ0) is 13.7. The monoisotopic (exact) mass is 365 g/mol. The molecule has 1 nitrogen and oxygen atoms in total. The Bertz CT molecular complexity index is 519. The molecule has 2 heteroatoms. The predicted molar refractivity (Wildman–Crippen MR) is 90.5 cm³/mol. The summed E-state index contributed by atoms with van der Waals surface area (Å²) in [5.41, 5.74) is 4.24. The lowest BCUT2D eigenvalue weighted by Gasteiger charge is -2.20. The second-order valence-electron chi connectivity index (χ2n) is 4.72. The lowest BCUT2D eigenvalue weighted by atomic mass is 9.94. The average molecular weight is 365 g/mol. The summed E-state index contributed by atoms with van der Waals surface area (Å²) in [5.74, 6) is 0. The van der Waals surface area contributed by atoms with Crippen molar-refractivity contribution < 1.29 is 0 Å². The van der Waals surface area contributed by atoms with Crippen molar-refractivity contribution in [3.8, 4) is 0 Å². The third kappa shape index (κ3) is 3.80. The van der Waals surface area contributed by atoms with Crippen LogP contribution in [0.25, 0.3) is 0 Å². The summed E-state index contributed by atoms with van der Waals surface area (Å²) < 4.78 is 1.29. The van der Waals surface area contributed by atoms with Gasteiger partial charge in [-0.2, -0.15) is 0 Å². The Morgan fingerprint density at radius 2 is 1.74 bits per heavy atom. The number of nitrogens with one attached hydrogen (secondary N) is 1. The maximum absolute atomic E-state index is 3.45. The van der Waals surface area contributed by atoms with Gasteiger partial charge in [0.15, 0.2) is 0 Å². The van der Waals surface area contributed by atoms with Crippen molar-refractivity contribution in [3.05, 3.63) is 68.8 Å². The fourth-order valence-corrected chi connectivity index (χ4v) is 2.78. The molecule has 0 fully saturated rings. The van der Waals surface area contributed by atoms with Gasteiger partial charge in [-0.3, -0.25) is 0 Å². The van der Waals surface area contributed by atoms with Crippen molar-refractivity contribution in [2.45, 2.75) is 25.8 Å². The summed E-state index contributed by atoms with van der Waals surface area (Å²) in [6, 6.07) is 17.9. The molecule has 0 saturated heterocycles. The summed E-state index contributed by atoms with van der Waals surface area (Å²) in [6.07, 6.45) is 2.12. The molecule has 0 radical (unpaired) electrons. The minimum atomic E-state index is 0.385. The number of halogens is 1. The molecule has 1 unspecified atom stereocenters. The van der Waals surface area contributed by atoms with E-state index in [1.54, 1.807) is 0 Å². The summed E-state index contributed by atoms with van der Waals surface area (Å²) in [4.78, 5) is 0. The van der Waals surface area contributed by atoms with Crippen LogP contribution in [0.2, 0.25) is 0 Å². The Kier molecular flexibility index (Phi) is 5.40. The number of hydrogen-bond acceptors (Lipinski definition) is 1. The van der Waals surface area contributed by atoms with Crippen LogP contribution in [0, 0.1) is 3.57 Å². The molecule has 1 atom stereocenters. The van der Waals surface area contributed by atoms with E-state index in [0.717, 1.165) is 12.8 Å². The van der Waals surface area contributed by atoms with E-state index in [1.165, 1.54) is 20.3 Å². The topological polar surface area (TPSA) is 12.0 Å². The van der Waals surface area contributed by atoms with Gasteiger partial charge < -0.3 is 5.32 Å². The predicted octanol–water partition coefficient (Wildman–Crippen LogP) is 4.36. The molecular weight excluding hydrogens is 345 g/mol. The zero-order valence-electron chi connectivity index (χ0n) is 11.5. The van der Waals surface area contributed by atoms with Gasteiger partial charge in [0.05, 0.1) is 0 Å². The highest BCUT2D eigenvalue weighted by atomic mass is 127. The Morgan fingerprint density at radius 3 is 2.37 bits per heavy atom. The van der Waals surface area contributed by atoms with Crippen LogP contribution in [0.4, 0.5) is 0 Å². The van der Waals surface area contributed by atoms with Crippen LogP contribution in [0.5, 0.6) is 0 Å². The number of hydrogen-bond donors (Lipinski definition) is 1. The van der Waals surface area contributed by atoms with Crippen molar-refractivity contribution >= 4 is 22.6 Å². The summed E-state index contributed by atoms with van der Waals surface area (Å²) >= 11 is 2.35. The highest BCUT2D eigenvalue weighted by molar-refractivity contribution is 14.1.